The van der Waals surface area contributed by atoms with E-state index >= 15 is 0 Å². The molecule has 0 saturated carbocycles. The maximum absolute atomic E-state index is 5.74. The molecule has 1 aromatic heterocycles. The van der Waals surface area contributed by atoms with Crippen LogP contribution in [-0.4, -0.2) is 30.8 Å². The summed E-state index contributed by atoms with van der Waals surface area (Å²) in [5.41, 5.74) is 0. The Morgan fingerprint density at radius 3 is 2.77 bits per heavy atom. The predicted octanol–water partition coefficient (Wildman–Crippen LogP) is 1.33. The molecule has 0 atom stereocenters. The Morgan fingerprint density at radius 1 is 1.38 bits per heavy atom. The van der Waals surface area contributed by atoms with Crippen molar-refractivity contribution >= 4 is 11.6 Å². The Labute approximate surface area is 81.9 Å². The number of halogens is 1. The van der Waals surface area contributed by atoms with E-state index in [-0.39, 0.29) is 0 Å². The van der Waals surface area contributed by atoms with E-state index in [0.717, 1.165) is 0 Å². The quantitative estimate of drug-likeness (QED) is 0.691. The van der Waals surface area contributed by atoms with Crippen LogP contribution in [0.3, 0.4) is 0 Å². The van der Waals surface area contributed by atoms with Gasteiger partial charge in [0.1, 0.15) is 11.0 Å². The first-order valence-electron chi connectivity index (χ1n) is 3.82. The zero-order valence-corrected chi connectivity index (χ0v) is 8.34. The number of ether oxygens (including phenoxy) is 2. The molecule has 1 heterocycles. The topological polar surface area (TPSA) is 44.2 Å². The molecule has 72 valence electrons. The van der Waals surface area contributed by atoms with Crippen LogP contribution < -0.4 is 4.74 Å². The van der Waals surface area contributed by atoms with Crippen molar-refractivity contribution in [2.75, 3.05) is 20.8 Å². The van der Waals surface area contributed by atoms with Gasteiger partial charge in [0, 0.05) is 19.6 Å². The van der Waals surface area contributed by atoms with Gasteiger partial charge in [-0.2, -0.15) is 4.98 Å². The van der Waals surface area contributed by atoms with Gasteiger partial charge >= 0.3 is 0 Å². The van der Waals surface area contributed by atoms with E-state index in [0.29, 0.717) is 29.9 Å². The monoisotopic (exact) mass is 202 g/mol. The van der Waals surface area contributed by atoms with Crippen LogP contribution in [0, 0.1) is 0 Å². The number of hydrogen-bond acceptors (Lipinski definition) is 4. The van der Waals surface area contributed by atoms with Crippen molar-refractivity contribution in [3.8, 4) is 5.88 Å². The Balaban J connectivity index is 2.76. The first-order chi connectivity index (χ1) is 6.26. The highest BCUT2D eigenvalue weighted by molar-refractivity contribution is 6.29. The molecule has 1 rings (SSSR count). The average molecular weight is 203 g/mol. The molecular weight excluding hydrogens is 192 g/mol. The molecule has 4 nitrogen and oxygen atoms in total. The standard InChI is InChI=1S/C8H11ClN2O2/c1-12-4-3-7-10-6(9)5-8(11-7)13-2/h5H,3-4H2,1-2H3. The minimum atomic E-state index is 0.387. The summed E-state index contributed by atoms with van der Waals surface area (Å²) in [6.07, 6.45) is 0.632. The number of aromatic nitrogens is 2. The molecule has 0 radical (unpaired) electrons. The zero-order chi connectivity index (χ0) is 9.68. The molecule has 0 amide bonds. The Hall–Kier alpha value is -0.870. The minimum Gasteiger partial charge on any atom is -0.481 e. The predicted molar refractivity (Wildman–Crippen MR) is 49.2 cm³/mol. The van der Waals surface area contributed by atoms with Crippen molar-refractivity contribution < 1.29 is 9.47 Å². The SMILES string of the molecule is COCCc1nc(Cl)cc(OC)n1. The van der Waals surface area contributed by atoms with Gasteiger partial charge in [-0.1, -0.05) is 11.6 Å². The van der Waals surface area contributed by atoms with Crippen LogP contribution in [-0.2, 0) is 11.2 Å². The van der Waals surface area contributed by atoms with Crippen molar-refractivity contribution in [1.82, 2.24) is 9.97 Å². The summed E-state index contributed by atoms with van der Waals surface area (Å²) in [4.78, 5) is 8.11. The molecule has 0 N–H and O–H groups in total. The fraction of sp³-hybridized carbons (Fsp3) is 0.500. The molecule has 5 heteroatoms. The Kier molecular flexibility index (Phi) is 3.92. The molecule has 0 saturated heterocycles. The summed E-state index contributed by atoms with van der Waals surface area (Å²) in [6.45, 7) is 0.573. The summed E-state index contributed by atoms with van der Waals surface area (Å²) < 4.78 is 9.83. The molecule has 0 aliphatic heterocycles. The lowest BCUT2D eigenvalue weighted by molar-refractivity contribution is 0.200. The third kappa shape index (κ3) is 3.16. The Morgan fingerprint density at radius 2 is 2.15 bits per heavy atom. The highest BCUT2D eigenvalue weighted by atomic mass is 35.5. The minimum absolute atomic E-state index is 0.387. The van der Waals surface area contributed by atoms with Gasteiger partial charge in [0.2, 0.25) is 5.88 Å². The van der Waals surface area contributed by atoms with Gasteiger partial charge in [-0.25, -0.2) is 4.98 Å². The van der Waals surface area contributed by atoms with Crippen LogP contribution in [0.5, 0.6) is 5.88 Å². The lowest BCUT2D eigenvalue weighted by atomic mass is 10.4. The smallest absolute Gasteiger partial charge is 0.217 e. The van der Waals surface area contributed by atoms with Crippen LogP contribution in [0.15, 0.2) is 6.07 Å². The first-order valence-corrected chi connectivity index (χ1v) is 4.20. The van der Waals surface area contributed by atoms with Gasteiger partial charge in [-0.3, -0.25) is 0 Å². The van der Waals surface area contributed by atoms with Gasteiger partial charge < -0.3 is 9.47 Å². The largest absolute Gasteiger partial charge is 0.481 e. The summed E-state index contributed by atoms with van der Waals surface area (Å²) in [5, 5.41) is 0.387. The van der Waals surface area contributed by atoms with Gasteiger partial charge in [-0.05, 0) is 0 Å². The second-order valence-electron chi connectivity index (χ2n) is 2.39. The summed E-state index contributed by atoms with van der Waals surface area (Å²) >= 11 is 5.74. The normalized spacial score (nSPS) is 10.1. The lowest BCUT2D eigenvalue weighted by Gasteiger charge is -2.02. The third-order valence-corrected chi connectivity index (χ3v) is 1.65. The second-order valence-corrected chi connectivity index (χ2v) is 2.78. The van der Waals surface area contributed by atoms with Crippen LogP contribution in [0.25, 0.3) is 0 Å². The van der Waals surface area contributed by atoms with Gasteiger partial charge in [-0.15, -0.1) is 0 Å². The average Bonchev–Trinajstić information content (AvgIpc) is 2.14. The summed E-state index contributed by atoms with van der Waals surface area (Å²) in [7, 11) is 3.17. The molecule has 0 aliphatic rings. The molecular formula is C8H11ClN2O2. The van der Waals surface area contributed by atoms with Crippen molar-refractivity contribution in [2.24, 2.45) is 0 Å². The van der Waals surface area contributed by atoms with E-state index in [1.165, 1.54) is 0 Å². The van der Waals surface area contributed by atoms with Crippen LogP contribution in [0.1, 0.15) is 5.82 Å². The number of rotatable bonds is 4. The molecule has 0 aliphatic carbocycles. The molecule has 0 unspecified atom stereocenters. The van der Waals surface area contributed by atoms with Crippen LogP contribution >= 0.6 is 11.6 Å². The van der Waals surface area contributed by atoms with Crippen molar-refractivity contribution in [3.63, 3.8) is 0 Å². The van der Waals surface area contributed by atoms with E-state index in [2.05, 4.69) is 9.97 Å². The highest BCUT2D eigenvalue weighted by Gasteiger charge is 2.02. The summed E-state index contributed by atoms with van der Waals surface area (Å²) in [5.74, 6) is 1.11. The van der Waals surface area contributed by atoms with Crippen LogP contribution in [0.4, 0.5) is 0 Å². The first kappa shape index (κ1) is 10.2. The van der Waals surface area contributed by atoms with Crippen molar-refractivity contribution in [1.29, 1.82) is 0 Å². The van der Waals surface area contributed by atoms with E-state index in [4.69, 9.17) is 21.1 Å². The molecule has 0 aromatic carbocycles. The zero-order valence-electron chi connectivity index (χ0n) is 7.58. The number of methoxy groups -OCH3 is 2. The fourth-order valence-corrected chi connectivity index (χ4v) is 1.04. The number of nitrogens with zero attached hydrogens (tertiary/aromatic N) is 2. The maximum atomic E-state index is 5.74. The third-order valence-electron chi connectivity index (χ3n) is 1.46. The van der Waals surface area contributed by atoms with E-state index < -0.39 is 0 Å². The van der Waals surface area contributed by atoms with Crippen LogP contribution in [0.2, 0.25) is 5.15 Å². The molecule has 0 bridgehead atoms. The molecule has 13 heavy (non-hydrogen) atoms. The van der Waals surface area contributed by atoms with Gasteiger partial charge in [0.15, 0.2) is 0 Å². The molecule has 0 spiro atoms. The highest BCUT2D eigenvalue weighted by Crippen LogP contribution is 2.13. The molecule has 1 aromatic rings. The van der Waals surface area contributed by atoms with Crippen molar-refractivity contribution in [2.45, 2.75) is 6.42 Å². The maximum Gasteiger partial charge on any atom is 0.217 e. The van der Waals surface area contributed by atoms with Gasteiger partial charge in [0.25, 0.3) is 0 Å². The Bertz CT molecular complexity index is 281. The van der Waals surface area contributed by atoms with E-state index in [1.807, 2.05) is 0 Å². The summed E-state index contributed by atoms with van der Waals surface area (Å²) in [6, 6.07) is 1.57. The van der Waals surface area contributed by atoms with E-state index in [9.17, 15) is 0 Å². The number of hydrogen-bond donors (Lipinski definition) is 0. The van der Waals surface area contributed by atoms with Crippen molar-refractivity contribution in [3.05, 3.63) is 17.0 Å². The lowest BCUT2D eigenvalue weighted by Crippen LogP contribution is -2.02. The second kappa shape index (κ2) is 4.99. The van der Waals surface area contributed by atoms with Gasteiger partial charge in [0.05, 0.1) is 13.7 Å². The fourth-order valence-electron chi connectivity index (χ4n) is 0.852. The molecule has 0 fully saturated rings. The van der Waals surface area contributed by atoms with E-state index in [1.54, 1.807) is 20.3 Å².